The molecule has 120 valence electrons. The molecule has 0 saturated carbocycles. The zero-order valence-corrected chi connectivity index (χ0v) is 13.2. The highest BCUT2D eigenvalue weighted by atomic mass is 19.1. The predicted molar refractivity (Wildman–Crippen MR) is 88.3 cm³/mol. The third-order valence-electron chi connectivity index (χ3n) is 3.23. The smallest absolute Gasteiger partial charge is 0.248 e. The van der Waals surface area contributed by atoms with Crippen LogP contribution >= 0.6 is 0 Å². The molecule has 2 aromatic carbocycles. The van der Waals surface area contributed by atoms with E-state index in [1.165, 1.54) is 18.2 Å². The maximum Gasteiger partial charge on any atom is 0.248 e. The van der Waals surface area contributed by atoms with E-state index in [0.29, 0.717) is 17.1 Å². The highest BCUT2D eigenvalue weighted by Crippen LogP contribution is 2.25. The lowest BCUT2D eigenvalue weighted by Gasteiger charge is -2.07. The van der Waals surface area contributed by atoms with Gasteiger partial charge in [0.25, 0.3) is 0 Å². The number of anilines is 1. The molecule has 0 bridgehead atoms. The number of hydrogen-bond donors (Lipinski definition) is 1. The van der Waals surface area contributed by atoms with E-state index in [4.69, 9.17) is 9.47 Å². The molecule has 1 amide bonds. The van der Waals surface area contributed by atoms with Crippen LogP contribution in [0, 0.1) is 12.7 Å². The van der Waals surface area contributed by atoms with Crippen LogP contribution in [0.25, 0.3) is 6.08 Å². The zero-order chi connectivity index (χ0) is 16.8. The van der Waals surface area contributed by atoms with E-state index < -0.39 is 11.7 Å². The van der Waals surface area contributed by atoms with Gasteiger partial charge >= 0.3 is 0 Å². The van der Waals surface area contributed by atoms with Gasteiger partial charge in [-0.3, -0.25) is 4.79 Å². The Labute approximate surface area is 134 Å². The topological polar surface area (TPSA) is 47.6 Å². The number of benzene rings is 2. The van der Waals surface area contributed by atoms with Crippen molar-refractivity contribution >= 4 is 17.7 Å². The molecule has 0 fully saturated rings. The number of hydrogen-bond acceptors (Lipinski definition) is 3. The van der Waals surface area contributed by atoms with Crippen LogP contribution in [-0.4, -0.2) is 20.1 Å². The van der Waals surface area contributed by atoms with Crippen molar-refractivity contribution in [1.82, 2.24) is 0 Å². The van der Waals surface area contributed by atoms with Crippen molar-refractivity contribution in [2.24, 2.45) is 0 Å². The van der Waals surface area contributed by atoms with Gasteiger partial charge in [-0.1, -0.05) is 6.07 Å². The van der Waals surface area contributed by atoms with Gasteiger partial charge in [0.1, 0.15) is 17.3 Å². The normalized spacial score (nSPS) is 10.6. The molecule has 0 atom stereocenters. The standard InChI is InChI=1S/C18H18FNO3/c1-12-4-7-16(15(19)10-12)20-18(21)9-5-13-11-14(22-2)6-8-17(13)23-3/h4-11H,1-3H3,(H,20,21)/b9-5+. The molecule has 0 radical (unpaired) electrons. The molecule has 1 N–H and O–H groups in total. The molecule has 23 heavy (non-hydrogen) atoms. The molecule has 4 nitrogen and oxygen atoms in total. The lowest BCUT2D eigenvalue weighted by Crippen LogP contribution is -2.09. The number of rotatable bonds is 5. The molecule has 0 aromatic heterocycles. The molecule has 2 aromatic rings. The first-order valence-corrected chi connectivity index (χ1v) is 7.00. The second kappa shape index (κ2) is 7.45. The van der Waals surface area contributed by atoms with E-state index in [-0.39, 0.29) is 5.69 Å². The summed E-state index contributed by atoms with van der Waals surface area (Å²) in [6.45, 7) is 1.78. The van der Waals surface area contributed by atoms with Gasteiger partial charge in [-0.05, 0) is 48.9 Å². The molecule has 0 aliphatic heterocycles. The fourth-order valence-corrected chi connectivity index (χ4v) is 2.03. The lowest BCUT2D eigenvalue weighted by molar-refractivity contribution is -0.111. The molecule has 5 heteroatoms. The van der Waals surface area contributed by atoms with Crippen molar-refractivity contribution < 1.29 is 18.7 Å². The van der Waals surface area contributed by atoms with E-state index in [1.807, 2.05) is 0 Å². The minimum Gasteiger partial charge on any atom is -0.497 e. The van der Waals surface area contributed by atoms with Crippen molar-refractivity contribution in [2.45, 2.75) is 6.92 Å². The van der Waals surface area contributed by atoms with Crippen LogP contribution in [0.2, 0.25) is 0 Å². The average molecular weight is 315 g/mol. The van der Waals surface area contributed by atoms with Gasteiger partial charge in [-0.2, -0.15) is 0 Å². The van der Waals surface area contributed by atoms with Gasteiger partial charge in [-0.15, -0.1) is 0 Å². The maximum atomic E-state index is 13.7. The van der Waals surface area contributed by atoms with Gasteiger partial charge in [0.2, 0.25) is 5.91 Å². The van der Waals surface area contributed by atoms with Crippen LogP contribution in [0.3, 0.4) is 0 Å². The van der Waals surface area contributed by atoms with Gasteiger partial charge in [0.05, 0.1) is 19.9 Å². The number of halogens is 1. The molecule has 0 unspecified atom stereocenters. The van der Waals surface area contributed by atoms with Gasteiger partial charge in [0, 0.05) is 11.6 Å². The van der Waals surface area contributed by atoms with E-state index in [2.05, 4.69) is 5.32 Å². The van der Waals surface area contributed by atoms with E-state index in [0.717, 1.165) is 5.56 Å². The third-order valence-corrected chi connectivity index (χ3v) is 3.23. The maximum absolute atomic E-state index is 13.7. The van der Waals surface area contributed by atoms with Crippen LogP contribution in [0.1, 0.15) is 11.1 Å². The number of carbonyl (C=O) groups excluding carboxylic acids is 1. The van der Waals surface area contributed by atoms with Crippen molar-refractivity contribution in [1.29, 1.82) is 0 Å². The first-order chi connectivity index (χ1) is 11.0. The minimum absolute atomic E-state index is 0.142. The van der Waals surface area contributed by atoms with Crippen molar-refractivity contribution in [3.63, 3.8) is 0 Å². The first kappa shape index (κ1) is 16.5. The Balaban J connectivity index is 2.14. The highest BCUT2D eigenvalue weighted by Gasteiger charge is 2.06. The summed E-state index contributed by atoms with van der Waals surface area (Å²) in [6, 6.07) is 9.88. The Hall–Kier alpha value is -2.82. The minimum atomic E-state index is -0.467. The van der Waals surface area contributed by atoms with Gasteiger partial charge in [0.15, 0.2) is 0 Å². The Morgan fingerprint density at radius 1 is 1.13 bits per heavy atom. The summed E-state index contributed by atoms with van der Waals surface area (Å²) in [5, 5.41) is 2.50. The molecule has 2 rings (SSSR count). The first-order valence-electron chi connectivity index (χ1n) is 7.00. The summed E-state index contributed by atoms with van der Waals surface area (Å²) < 4.78 is 24.1. The van der Waals surface area contributed by atoms with Crippen LogP contribution < -0.4 is 14.8 Å². The summed E-state index contributed by atoms with van der Waals surface area (Å²) >= 11 is 0. The fraction of sp³-hybridized carbons (Fsp3) is 0.167. The van der Waals surface area contributed by atoms with Crippen molar-refractivity contribution in [3.05, 3.63) is 59.4 Å². The molecule has 0 heterocycles. The Morgan fingerprint density at radius 2 is 1.91 bits per heavy atom. The van der Waals surface area contributed by atoms with Crippen LogP contribution in [0.5, 0.6) is 11.5 Å². The fourth-order valence-electron chi connectivity index (χ4n) is 2.03. The van der Waals surface area contributed by atoms with Crippen molar-refractivity contribution in [2.75, 3.05) is 19.5 Å². The lowest BCUT2D eigenvalue weighted by atomic mass is 10.1. The summed E-state index contributed by atoms with van der Waals surface area (Å²) in [4.78, 5) is 11.9. The number of methoxy groups -OCH3 is 2. The molecule has 0 aliphatic rings. The number of nitrogens with one attached hydrogen (secondary N) is 1. The number of aryl methyl sites for hydroxylation is 1. The monoisotopic (exact) mass is 315 g/mol. The van der Waals surface area contributed by atoms with Gasteiger partial charge in [-0.25, -0.2) is 4.39 Å². The van der Waals surface area contributed by atoms with Crippen LogP contribution in [0.4, 0.5) is 10.1 Å². The Kier molecular flexibility index (Phi) is 5.36. The highest BCUT2D eigenvalue weighted by molar-refractivity contribution is 6.02. The average Bonchev–Trinajstić information content (AvgIpc) is 2.55. The molecule has 0 spiro atoms. The number of amides is 1. The largest absolute Gasteiger partial charge is 0.497 e. The third kappa shape index (κ3) is 4.32. The SMILES string of the molecule is COc1ccc(OC)c(/C=C/C(=O)Nc2ccc(C)cc2F)c1. The van der Waals surface area contributed by atoms with E-state index in [9.17, 15) is 9.18 Å². The second-order valence-corrected chi connectivity index (χ2v) is 4.91. The zero-order valence-electron chi connectivity index (χ0n) is 13.2. The van der Waals surface area contributed by atoms with E-state index in [1.54, 1.807) is 51.5 Å². The summed E-state index contributed by atoms with van der Waals surface area (Å²) in [5.41, 5.74) is 1.62. The summed E-state index contributed by atoms with van der Waals surface area (Å²) in [6.07, 6.45) is 2.90. The number of ether oxygens (including phenoxy) is 2. The predicted octanol–water partition coefficient (Wildman–Crippen LogP) is 3.80. The molecular formula is C18H18FNO3. The quantitative estimate of drug-likeness (QED) is 0.854. The van der Waals surface area contributed by atoms with Gasteiger partial charge < -0.3 is 14.8 Å². The summed E-state index contributed by atoms with van der Waals surface area (Å²) in [5.74, 6) is 0.357. The molecular weight excluding hydrogens is 297 g/mol. The Morgan fingerprint density at radius 3 is 2.57 bits per heavy atom. The number of carbonyl (C=O) groups is 1. The van der Waals surface area contributed by atoms with Crippen LogP contribution in [-0.2, 0) is 4.79 Å². The van der Waals surface area contributed by atoms with Crippen LogP contribution in [0.15, 0.2) is 42.5 Å². The molecule has 0 saturated heterocycles. The second-order valence-electron chi connectivity index (χ2n) is 4.91. The summed E-state index contributed by atoms with van der Waals surface area (Å²) in [7, 11) is 3.10. The molecule has 0 aliphatic carbocycles. The van der Waals surface area contributed by atoms with E-state index >= 15 is 0 Å². The Bertz CT molecular complexity index is 741. The van der Waals surface area contributed by atoms with Crippen molar-refractivity contribution in [3.8, 4) is 11.5 Å².